The van der Waals surface area contributed by atoms with Gasteiger partial charge in [-0.1, -0.05) is 0 Å². The van der Waals surface area contributed by atoms with Crippen molar-refractivity contribution < 1.29 is 13.7 Å². The Balaban J connectivity index is 0.00000147. The molecule has 3 aromatic heterocycles. The zero-order valence-corrected chi connectivity index (χ0v) is 11.9. The van der Waals surface area contributed by atoms with Gasteiger partial charge in [0.15, 0.2) is 0 Å². The first-order chi connectivity index (χ1) is 9.45. The van der Waals surface area contributed by atoms with Gasteiger partial charge in [-0.15, -0.1) is 0 Å². The minimum absolute atomic E-state index is 0. The molecule has 104 valence electrons. The van der Waals surface area contributed by atoms with Gasteiger partial charge in [-0.05, 0) is 0 Å². The molecule has 3 aromatic rings. The van der Waals surface area contributed by atoms with Crippen LogP contribution in [0.3, 0.4) is 0 Å². The Kier molecular flexibility index (Phi) is 4.95. The molecule has 0 saturated carbocycles. The van der Waals surface area contributed by atoms with E-state index in [2.05, 4.69) is 15.0 Å². The van der Waals surface area contributed by atoms with E-state index in [1.165, 1.54) is 0 Å². The quantitative estimate of drug-likeness (QED) is 0.781. The minimum atomic E-state index is -0.752. The Labute approximate surface area is 122 Å². The first-order valence-electron chi connectivity index (χ1n) is 5.81. The van der Waals surface area contributed by atoms with Crippen molar-refractivity contribution in [3.05, 3.63) is 73.2 Å². The second-order valence-corrected chi connectivity index (χ2v) is 6.02. The molecule has 5 heteroatoms. The van der Waals surface area contributed by atoms with Gasteiger partial charge in [0, 0.05) is 0 Å². The van der Waals surface area contributed by atoms with E-state index in [-0.39, 0.29) is 6.15 Å². The van der Waals surface area contributed by atoms with Gasteiger partial charge in [-0.2, -0.15) is 0 Å². The van der Waals surface area contributed by atoms with E-state index in [1.54, 1.807) is 0 Å². The molecule has 20 heavy (non-hydrogen) atoms. The zero-order valence-electron chi connectivity index (χ0n) is 10.8. The van der Waals surface area contributed by atoms with Crippen LogP contribution in [0.15, 0.2) is 73.2 Å². The Bertz CT molecular complexity index is 538. The van der Waals surface area contributed by atoms with Crippen molar-refractivity contribution in [2.45, 2.75) is 0 Å². The second-order valence-electron chi connectivity index (χ2n) is 3.64. The average Bonchev–Trinajstić information content (AvgIpc) is 2.51. The monoisotopic (exact) mass is 310 g/mol. The predicted molar refractivity (Wildman–Crippen MR) is 76.6 cm³/mol. The molecule has 0 radical (unpaired) electrons. The van der Waals surface area contributed by atoms with Gasteiger partial charge >= 0.3 is 116 Å². The molecular formula is C15H15CoN4. The third kappa shape index (κ3) is 3.08. The fourth-order valence-corrected chi connectivity index (χ4v) is 3.84. The third-order valence-electron chi connectivity index (χ3n) is 2.36. The molecule has 0 unspecified atom stereocenters. The summed E-state index contributed by atoms with van der Waals surface area (Å²) in [6, 6.07) is 17.9. The molecular weight excluding hydrogens is 295 g/mol. The van der Waals surface area contributed by atoms with E-state index in [0.717, 1.165) is 13.9 Å². The maximum atomic E-state index is 4.48. The SMILES string of the molecule is N.c1cc[c]([Co]([c]2ccccn2)[c]2ccccn2)nc1. The van der Waals surface area contributed by atoms with Crippen molar-refractivity contribution in [1.82, 2.24) is 21.1 Å². The maximum absolute atomic E-state index is 4.48. The molecule has 4 nitrogen and oxygen atoms in total. The molecule has 0 aliphatic carbocycles. The fourth-order valence-electron chi connectivity index (χ4n) is 1.56. The molecule has 0 aliphatic heterocycles. The van der Waals surface area contributed by atoms with Crippen LogP contribution in [-0.4, -0.2) is 15.0 Å². The Morgan fingerprint density at radius 2 is 0.900 bits per heavy atom. The van der Waals surface area contributed by atoms with Gasteiger partial charge in [-0.3, -0.25) is 0 Å². The van der Waals surface area contributed by atoms with Crippen molar-refractivity contribution in [2.75, 3.05) is 0 Å². The van der Waals surface area contributed by atoms with Gasteiger partial charge in [0.25, 0.3) is 0 Å². The molecule has 3 N–H and O–H groups in total. The van der Waals surface area contributed by atoms with Crippen LogP contribution in [0.2, 0.25) is 0 Å². The molecule has 3 rings (SSSR count). The molecule has 3 heterocycles. The number of rotatable bonds is 3. The Hall–Kier alpha value is -2.08. The molecule has 0 amide bonds. The number of nitrogens with zero attached hydrogens (tertiary/aromatic N) is 3. The summed E-state index contributed by atoms with van der Waals surface area (Å²) in [4.78, 5) is 13.4. The first-order valence-corrected chi connectivity index (χ1v) is 7.37. The summed E-state index contributed by atoms with van der Waals surface area (Å²) in [5.41, 5.74) is 0. The summed E-state index contributed by atoms with van der Waals surface area (Å²) in [7, 11) is 0. The van der Waals surface area contributed by atoms with Crippen molar-refractivity contribution >= 4 is 13.9 Å². The van der Waals surface area contributed by atoms with Crippen LogP contribution >= 0.6 is 0 Å². The summed E-state index contributed by atoms with van der Waals surface area (Å²) in [6.45, 7) is 0. The second kappa shape index (κ2) is 6.90. The molecule has 0 bridgehead atoms. The van der Waals surface area contributed by atoms with Gasteiger partial charge in [-0.25, -0.2) is 0 Å². The van der Waals surface area contributed by atoms with Crippen LogP contribution in [0.4, 0.5) is 0 Å². The topological polar surface area (TPSA) is 73.7 Å². The number of pyridine rings is 3. The summed E-state index contributed by atoms with van der Waals surface area (Å²) in [5, 5.41) is 0. The number of hydrogen-bond acceptors (Lipinski definition) is 4. The summed E-state index contributed by atoms with van der Waals surface area (Å²) < 4.78 is 3.06. The van der Waals surface area contributed by atoms with Crippen molar-refractivity contribution in [2.24, 2.45) is 0 Å². The van der Waals surface area contributed by atoms with Crippen molar-refractivity contribution in [3.8, 4) is 0 Å². The Morgan fingerprint density at radius 1 is 0.550 bits per heavy atom. The molecule has 0 saturated heterocycles. The zero-order chi connectivity index (χ0) is 12.9. The van der Waals surface area contributed by atoms with Gasteiger partial charge in [0.05, 0.1) is 0 Å². The number of hydrogen-bond donors (Lipinski definition) is 1. The standard InChI is InChI=1S/3C5H4N.Co.H3N/c3*1-2-4-6-5-3-1;;/h3*1-4H;;1H3. The summed E-state index contributed by atoms with van der Waals surface area (Å²) in [6.07, 6.45) is 5.45. The van der Waals surface area contributed by atoms with Crippen molar-refractivity contribution in [1.29, 1.82) is 0 Å². The van der Waals surface area contributed by atoms with Crippen molar-refractivity contribution in [3.63, 3.8) is 0 Å². The average molecular weight is 310 g/mol. The normalized spacial score (nSPS) is 10.5. The Morgan fingerprint density at radius 3 is 1.15 bits per heavy atom. The van der Waals surface area contributed by atoms with Crippen LogP contribution < -0.4 is 20.0 Å². The van der Waals surface area contributed by atoms with E-state index in [4.69, 9.17) is 0 Å². The molecule has 0 fully saturated rings. The molecule has 0 atom stereocenters. The molecule has 0 aliphatic rings. The van der Waals surface area contributed by atoms with Gasteiger partial charge in [0.2, 0.25) is 0 Å². The number of aromatic nitrogens is 3. The van der Waals surface area contributed by atoms with E-state index in [1.807, 2.05) is 73.2 Å². The fraction of sp³-hybridized carbons (Fsp3) is 0. The molecule has 0 spiro atoms. The van der Waals surface area contributed by atoms with E-state index in [0.29, 0.717) is 0 Å². The summed E-state index contributed by atoms with van der Waals surface area (Å²) >= 11 is -0.752. The van der Waals surface area contributed by atoms with E-state index < -0.39 is 13.7 Å². The third-order valence-corrected chi connectivity index (χ3v) is 4.88. The summed E-state index contributed by atoms with van der Waals surface area (Å²) in [5.74, 6) is 0. The van der Waals surface area contributed by atoms with Gasteiger partial charge < -0.3 is 6.15 Å². The van der Waals surface area contributed by atoms with E-state index in [9.17, 15) is 0 Å². The first kappa shape index (κ1) is 14.3. The van der Waals surface area contributed by atoms with Crippen LogP contribution in [-0.2, 0) is 13.7 Å². The van der Waals surface area contributed by atoms with Crippen LogP contribution in [0.1, 0.15) is 0 Å². The molecule has 0 aromatic carbocycles. The van der Waals surface area contributed by atoms with Crippen LogP contribution in [0, 0.1) is 0 Å². The van der Waals surface area contributed by atoms with Crippen LogP contribution in [0.25, 0.3) is 0 Å². The predicted octanol–water partition coefficient (Wildman–Crippen LogP) is 0.928. The van der Waals surface area contributed by atoms with E-state index >= 15 is 0 Å². The van der Waals surface area contributed by atoms with Gasteiger partial charge in [0.1, 0.15) is 0 Å². The van der Waals surface area contributed by atoms with Crippen LogP contribution in [0.5, 0.6) is 0 Å².